The molecule has 5 nitrogen and oxygen atoms in total. The normalized spacial score (nSPS) is 26.6. The Bertz CT molecular complexity index is 826. The molecule has 3 heterocycles. The van der Waals surface area contributed by atoms with Gasteiger partial charge in [0.05, 0.1) is 22.6 Å². The Hall–Kier alpha value is -2.36. The van der Waals surface area contributed by atoms with Crippen LogP contribution in [-0.4, -0.2) is 15.8 Å². The Morgan fingerprint density at radius 1 is 1.38 bits per heavy atom. The van der Waals surface area contributed by atoms with Crippen LogP contribution in [0.4, 0.5) is 0 Å². The van der Waals surface area contributed by atoms with Crippen molar-refractivity contribution >= 4 is 12.6 Å². The van der Waals surface area contributed by atoms with Gasteiger partial charge in [-0.05, 0) is 18.6 Å². The maximum absolute atomic E-state index is 11.1. The summed E-state index contributed by atoms with van der Waals surface area (Å²) >= 11 is 4.39. The lowest BCUT2D eigenvalue weighted by Gasteiger charge is -2.40. The lowest BCUT2D eigenvalue weighted by atomic mass is 9.78. The van der Waals surface area contributed by atoms with E-state index in [0.29, 0.717) is 10.6 Å². The fraction of sp³-hybridized carbons (Fsp3) is 0.278. The Balaban J connectivity index is 2.27. The van der Waals surface area contributed by atoms with Crippen molar-refractivity contribution in [2.24, 2.45) is 0 Å². The standard InChI is InChI=1S/C18H18N4OS/c1-12-6-3-4-9-22(12)16-15(13-7-5-8-20-11-13)14(10-19)17(24)21-18(16,2)23/h3-9,11,15-16,21,23H,1-2H3/p+1/t15-,16+,18+/m0/s1. The van der Waals surface area contributed by atoms with Crippen LogP contribution in [0, 0.1) is 18.3 Å². The fourth-order valence-corrected chi connectivity index (χ4v) is 3.74. The summed E-state index contributed by atoms with van der Waals surface area (Å²) in [6.45, 7) is 3.67. The van der Waals surface area contributed by atoms with Gasteiger partial charge in [-0.25, -0.2) is 0 Å². The molecule has 0 aliphatic carbocycles. The van der Waals surface area contributed by atoms with Crippen molar-refractivity contribution in [1.29, 1.82) is 5.26 Å². The van der Waals surface area contributed by atoms with Crippen LogP contribution in [0.1, 0.15) is 30.1 Å². The molecule has 3 atom stereocenters. The number of aliphatic hydroxyl groups is 1. The highest BCUT2D eigenvalue weighted by atomic mass is 32.1. The molecule has 1 aliphatic rings. The summed E-state index contributed by atoms with van der Waals surface area (Å²) in [5.74, 6) is -0.362. The highest BCUT2D eigenvalue weighted by molar-refractivity contribution is 7.84. The van der Waals surface area contributed by atoms with E-state index < -0.39 is 11.8 Å². The first-order valence-corrected chi connectivity index (χ1v) is 8.11. The molecule has 1 aliphatic heterocycles. The zero-order valence-corrected chi connectivity index (χ0v) is 14.4. The number of hydrogen-bond acceptors (Lipinski definition) is 5. The van der Waals surface area contributed by atoms with E-state index >= 15 is 0 Å². The number of thiol groups is 1. The van der Waals surface area contributed by atoms with E-state index in [2.05, 4.69) is 29.0 Å². The SMILES string of the molecule is Cc1cccc[n+]1[C@@H]1[C@@H](c2cccnc2)C(C#N)=C(S)N[C@]1(C)O. The van der Waals surface area contributed by atoms with Gasteiger partial charge in [0.15, 0.2) is 17.6 Å². The molecule has 0 spiro atoms. The predicted octanol–water partition coefficient (Wildman–Crippen LogP) is 1.98. The Kier molecular flexibility index (Phi) is 4.31. The minimum absolute atomic E-state index is 0.362. The molecular weight excluding hydrogens is 320 g/mol. The first-order chi connectivity index (χ1) is 11.5. The Labute approximate surface area is 146 Å². The molecule has 2 aromatic rings. The number of pyridine rings is 2. The van der Waals surface area contributed by atoms with Crippen LogP contribution in [-0.2, 0) is 0 Å². The van der Waals surface area contributed by atoms with Crippen molar-refractivity contribution in [1.82, 2.24) is 10.3 Å². The van der Waals surface area contributed by atoms with Crippen molar-refractivity contribution in [3.63, 3.8) is 0 Å². The third-order valence-electron chi connectivity index (χ3n) is 4.40. The summed E-state index contributed by atoms with van der Waals surface area (Å²) in [7, 11) is 0. The molecule has 0 saturated heterocycles. The fourth-order valence-electron chi connectivity index (χ4n) is 3.33. The van der Waals surface area contributed by atoms with Crippen molar-refractivity contribution in [2.75, 3.05) is 0 Å². The number of hydrogen-bond donors (Lipinski definition) is 3. The van der Waals surface area contributed by atoms with Crippen LogP contribution in [0.25, 0.3) is 0 Å². The number of aromatic nitrogens is 2. The molecule has 0 unspecified atom stereocenters. The second kappa shape index (κ2) is 6.27. The molecule has 2 aromatic heterocycles. The van der Waals surface area contributed by atoms with Crippen LogP contribution in [0.5, 0.6) is 0 Å². The molecule has 3 rings (SSSR count). The number of nitrogens with zero attached hydrogens (tertiary/aromatic N) is 3. The average molecular weight is 339 g/mol. The molecule has 24 heavy (non-hydrogen) atoms. The molecule has 0 aromatic carbocycles. The van der Waals surface area contributed by atoms with Gasteiger partial charge in [-0.2, -0.15) is 9.83 Å². The van der Waals surface area contributed by atoms with Crippen LogP contribution >= 0.6 is 12.6 Å². The third-order valence-corrected chi connectivity index (χ3v) is 4.75. The van der Waals surface area contributed by atoms with E-state index in [1.165, 1.54) is 0 Å². The summed E-state index contributed by atoms with van der Waals surface area (Å²) in [6, 6.07) is 11.4. The smallest absolute Gasteiger partial charge is 0.216 e. The molecule has 6 heteroatoms. The molecule has 0 saturated carbocycles. The molecule has 0 amide bonds. The van der Waals surface area contributed by atoms with Gasteiger partial charge < -0.3 is 10.4 Å². The number of allylic oxidation sites excluding steroid dienone is 1. The van der Waals surface area contributed by atoms with Crippen molar-refractivity contribution in [3.05, 3.63) is 70.8 Å². The highest BCUT2D eigenvalue weighted by Gasteiger charge is 2.52. The molecule has 2 N–H and O–H groups in total. The van der Waals surface area contributed by atoms with Gasteiger partial charge in [-0.1, -0.05) is 12.1 Å². The maximum Gasteiger partial charge on any atom is 0.216 e. The maximum atomic E-state index is 11.1. The molecule has 0 bridgehead atoms. The lowest BCUT2D eigenvalue weighted by Crippen LogP contribution is -2.63. The van der Waals surface area contributed by atoms with Crippen LogP contribution < -0.4 is 9.88 Å². The van der Waals surface area contributed by atoms with E-state index in [1.807, 2.05) is 48.0 Å². The van der Waals surface area contributed by atoms with E-state index in [1.54, 1.807) is 19.3 Å². The molecule has 122 valence electrons. The second-order valence-electron chi connectivity index (χ2n) is 6.10. The monoisotopic (exact) mass is 339 g/mol. The lowest BCUT2D eigenvalue weighted by molar-refractivity contribution is -0.746. The number of nitriles is 1. The van der Waals surface area contributed by atoms with Gasteiger partial charge in [0.1, 0.15) is 0 Å². The first kappa shape index (κ1) is 16.5. The van der Waals surface area contributed by atoms with E-state index in [-0.39, 0.29) is 5.92 Å². The predicted molar refractivity (Wildman–Crippen MR) is 92.8 cm³/mol. The van der Waals surface area contributed by atoms with Crippen molar-refractivity contribution < 1.29 is 9.67 Å². The summed E-state index contributed by atoms with van der Waals surface area (Å²) in [5.41, 5.74) is 1.05. The first-order valence-electron chi connectivity index (χ1n) is 7.66. The topological polar surface area (TPSA) is 72.8 Å². The zero-order chi connectivity index (χ0) is 17.3. The number of rotatable bonds is 2. The number of aryl methyl sites for hydroxylation is 1. The van der Waals surface area contributed by atoms with Crippen LogP contribution in [0.15, 0.2) is 59.5 Å². The molecule has 0 fully saturated rings. The van der Waals surface area contributed by atoms with Crippen molar-refractivity contribution in [2.45, 2.75) is 31.5 Å². The minimum atomic E-state index is -1.28. The summed E-state index contributed by atoms with van der Waals surface area (Å²) < 4.78 is 1.99. The van der Waals surface area contributed by atoms with Gasteiger partial charge in [0, 0.05) is 31.5 Å². The zero-order valence-electron chi connectivity index (χ0n) is 13.5. The average Bonchev–Trinajstić information content (AvgIpc) is 2.55. The highest BCUT2D eigenvalue weighted by Crippen LogP contribution is 2.43. The molecular formula is C18H19N4OS+. The van der Waals surface area contributed by atoms with Gasteiger partial charge in [0.2, 0.25) is 6.04 Å². The van der Waals surface area contributed by atoms with Gasteiger partial charge in [-0.15, -0.1) is 12.6 Å². The second-order valence-corrected chi connectivity index (χ2v) is 6.55. The Morgan fingerprint density at radius 3 is 2.79 bits per heavy atom. The van der Waals surface area contributed by atoms with Crippen molar-refractivity contribution in [3.8, 4) is 6.07 Å². The van der Waals surface area contributed by atoms with Crippen LogP contribution in [0.3, 0.4) is 0 Å². The van der Waals surface area contributed by atoms with Gasteiger partial charge in [0.25, 0.3) is 0 Å². The third kappa shape index (κ3) is 2.77. The summed E-state index contributed by atoms with van der Waals surface area (Å²) in [5, 5.41) is 24.1. The van der Waals surface area contributed by atoms with E-state index in [4.69, 9.17) is 0 Å². The number of nitrogens with one attached hydrogen (secondary N) is 1. The van der Waals surface area contributed by atoms with Crippen LogP contribution in [0.2, 0.25) is 0 Å². The molecule has 0 radical (unpaired) electrons. The largest absolute Gasteiger partial charge is 0.366 e. The van der Waals surface area contributed by atoms with E-state index in [9.17, 15) is 10.4 Å². The van der Waals surface area contributed by atoms with E-state index in [0.717, 1.165) is 11.3 Å². The minimum Gasteiger partial charge on any atom is -0.366 e. The van der Waals surface area contributed by atoms with Gasteiger partial charge >= 0.3 is 0 Å². The van der Waals surface area contributed by atoms with Gasteiger partial charge in [-0.3, -0.25) is 4.98 Å². The summed E-state index contributed by atoms with van der Waals surface area (Å²) in [6.07, 6.45) is 5.34. The Morgan fingerprint density at radius 2 is 2.17 bits per heavy atom. The quantitative estimate of drug-likeness (QED) is 0.578. The summed E-state index contributed by atoms with van der Waals surface area (Å²) in [4.78, 5) is 4.18.